The van der Waals surface area contributed by atoms with E-state index >= 15 is 0 Å². The monoisotopic (exact) mass is 311 g/mol. The van der Waals surface area contributed by atoms with Crippen LogP contribution in [-0.4, -0.2) is 33.9 Å². The van der Waals surface area contributed by atoms with E-state index in [9.17, 15) is 0 Å². The Bertz CT molecular complexity index is 419. The summed E-state index contributed by atoms with van der Waals surface area (Å²) in [5.41, 5.74) is 2.02. The van der Waals surface area contributed by atoms with Gasteiger partial charge in [-0.15, -0.1) is 0 Å². The van der Waals surface area contributed by atoms with Crippen LogP contribution >= 0.6 is 15.9 Å². The van der Waals surface area contributed by atoms with Crippen LogP contribution < -0.4 is 0 Å². The zero-order valence-electron chi connectivity index (χ0n) is 10.5. The average Bonchev–Trinajstić information content (AvgIpc) is 2.41. The molecule has 5 heteroatoms. The van der Waals surface area contributed by atoms with E-state index in [1.165, 1.54) is 0 Å². The third kappa shape index (κ3) is 3.29. The molecule has 1 aliphatic rings. The van der Waals surface area contributed by atoms with Gasteiger partial charge in [-0.1, -0.05) is 12.1 Å². The SMILES string of the molecule is CCC1CN(Cc2ccc(Br)cn2)CC/C1=N\O. The molecular formula is C13H18BrN3O. The molecule has 0 spiro atoms. The Kier molecular flexibility index (Phi) is 4.72. The van der Waals surface area contributed by atoms with Crippen LogP contribution in [0.3, 0.4) is 0 Å². The molecule has 18 heavy (non-hydrogen) atoms. The Morgan fingerprint density at radius 2 is 2.39 bits per heavy atom. The molecule has 2 heterocycles. The van der Waals surface area contributed by atoms with Crippen LogP contribution in [0.2, 0.25) is 0 Å². The second-order valence-electron chi connectivity index (χ2n) is 4.65. The van der Waals surface area contributed by atoms with Gasteiger partial charge < -0.3 is 5.21 Å². The number of pyridine rings is 1. The molecule has 0 saturated carbocycles. The molecule has 2 rings (SSSR count). The first-order valence-electron chi connectivity index (χ1n) is 6.26. The topological polar surface area (TPSA) is 48.7 Å². The molecule has 98 valence electrons. The highest BCUT2D eigenvalue weighted by atomic mass is 79.9. The predicted molar refractivity (Wildman–Crippen MR) is 74.8 cm³/mol. The second-order valence-corrected chi connectivity index (χ2v) is 5.57. The van der Waals surface area contributed by atoms with Gasteiger partial charge in [-0.2, -0.15) is 0 Å². The van der Waals surface area contributed by atoms with Crippen molar-refractivity contribution in [1.82, 2.24) is 9.88 Å². The first kappa shape index (κ1) is 13.5. The van der Waals surface area contributed by atoms with Gasteiger partial charge in [0.15, 0.2) is 0 Å². The number of halogens is 1. The van der Waals surface area contributed by atoms with Crippen LogP contribution in [0, 0.1) is 5.92 Å². The molecule has 0 bridgehead atoms. The van der Waals surface area contributed by atoms with Crippen molar-refractivity contribution in [2.45, 2.75) is 26.3 Å². The van der Waals surface area contributed by atoms with Crippen molar-refractivity contribution >= 4 is 21.6 Å². The fourth-order valence-electron chi connectivity index (χ4n) is 2.35. The van der Waals surface area contributed by atoms with Crippen molar-refractivity contribution in [2.24, 2.45) is 11.1 Å². The predicted octanol–water partition coefficient (Wildman–Crippen LogP) is 2.91. The molecule has 0 amide bonds. The maximum atomic E-state index is 8.95. The number of hydrogen-bond donors (Lipinski definition) is 1. The number of oxime groups is 1. The maximum absolute atomic E-state index is 8.95. The summed E-state index contributed by atoms with van der Waals surface area (Å²) in [5, 5.41) is 12.4. The van der Waals surface area contributed by atoms with Crippen LogP contribution in [0.4, 0.5) is 0 Å². The van der Waals surface area contributed by atoms with Crippen molar-refractivity contribution in [1.29, 1.82) is 0 Å². The normalized spacial score (nSPS) is 23.4. The molecule has 4 nitrogen and oxygen atoms in total. The van der Waals surface area contributed by atoms with Crippen LogP contribution in [0.15, 0.2) is 28.0 Å². The van der Waals surface area contributed by atoms with E-state index in [0.717, 1.165) is 48.4 Å². The van der Waals surface area contributed by atoms with Crippen LogP contribution in [-0.2, 0) is 6.54 Å². The van der Waals surface area contributed by atoms with Gasteiger partial charge in [0.05, 0.1) is 11.4 Å². The molecule has 1 aromatic rings. The van der Waals surface area contributed by atoms with Gasteiger partial charge in [0.1, 0.15) is 0 Å². The molecule has 1 aliphatic heterocycles. The zero-order chi connectivity index (χ0) is 13.0. The van der Waals surface area contributed by atoms with E-state index in [1.807, 2.05) is 18.3 Å². The second kappa shape index (κ2) is 6.29. The smallest absolute Gasteiger partial charge is 0.0627 e. The third-order valence-electron chi connectivity index (χ3n) is 3.43. The molecular weight excluding hydrogens is 294 g/mol. The lowest BCUT2D eigenvalue weighted by Gasteiger charge is -2.32. The van der Waals surface area contributed by atoms with Gasteiger partial charge in [-0.25, -0.2) is 0 Å². The molecule has 1 unspecified atom stereocenters. The summed E-state index contributed by atoms with van der Waals surface area (Å²) >= 11 is 3.39. The van der Waals surface area contributed by atoms with Crippen molar-refractivity contribution < 1.29 is 5.21 Å². The first-order chi connectivity index (χ1) is 8.72. The van der Waals surface area contributed by atoms with Gasteiger partial charge in [-0.05, 0) is 34.5 Å². The summed E-state index contributed by atoms with van der Waals surface area (Å²) in [5.74, 6) is 0.374. The Hall–Kier alpha value is -0.940. The van der Waals surface area contributed by atoms with Gasteiger partial charge in [0, 0.05) is 42.6 Å². The summed E-state index contributed by atoms with van der Waals surface area (Å²) in [6.45, 7) is 4.89. The molecule has 1 N–H and O–H groups in total. The fourth-order valence-corrected chi connectivity index (χ4v) is 2.59. The van der Waals surface area contributed by atoms with E-state index in [2.05, 4.69) is 37.9 Å². The van der Waals surface area contributed by atoms with Gasteiger partial charge >= 0.3 is 0 Å². The minimum absolute atomic E-state index is 0.374. The van der Waals surface area contributed by atoms with Crippen molar-refractivity contribution in [3.8, 4) is 0 Å². The molecule has 1 aromatic heterocycles. The maximum Gasteiger partial charge on any atom is 0.0627 e. The van der Waals surface area contributed by atoms with E-state index in [4.69, 9.17) is 5.21 Å². The van der Waals surface area contributed by atoms with Crippen molar-refractivity contribution in [3.63, 3.8) is 0 Å². The third-order valence-corrected chi connectivity index (χ3v) is 3.90. The summed E-state index contributed by atoms with van der Waals surface area (Å²) in [4.78, 5) is 6.77. The van der Waals surface area contributed by atoms with Gasteiger partial charge in [0.2, 0.25) is 0 Å². The van der Waals surface area contributed by atoms with Gasteiger partial charge in [0.25, 0.3) is 0 Å². The molecule has 1 saturated heterocycles. The Morgan fingerprint density at radius 1 is 1.56 bits per heavy atom. The standard InChI is InChI=1S/C13H18BrN3O/c1-2-10-8-17(6-5-13(10)16-18)9-12-4-3-11(14)7-15-12/h3-4,7,10,18H,2,5-6,8-9H2,1H3/b16-13+. The lowest BCUT2D eigenvalue weighted by atomic mass is 9.93. The quantitative estimate of drug-likeness (QED) is 0.689. The van der Waals surface area contributed by atoms with E-state index in [-0.39, 0.29) is 0 Å². The van der Waals surface area contributed by atoms with Crippen molar-refractivity contribution in [3.05, 3.63) is 28.5 Å². The summed E-state index contributed by atoms with van der Waals surface area (Å²) in [7, 11) is 0. The van der Waals surface area contributed by atoms with Crippen LogP contribution in [0.5, 0.6) is 0 Å². The number of aromatic nitrogens is 1. The molecule has 1 atom stereocenters. The van der Waals surface area contributed by atoms with Crippen LogP contribution in [0.1, 0.15) is 25.5 Å². The number of piperidine rings is 1. The lowest BCUT2D eigenvalue weighted by molar-refractivity contribution is 0.218. The fraction of sp³-hybridized carbons (Fsp3) is 0.538. The van der Waals surface area contributed by atoms with Crippen LogP contribution in [0.25, 0.3) is 0 Å². The number of rotatable bonds is 3. The number of likely N-dealkylation sites (tertiary alicyclic amines) is 1. The molecule has 0 aromatic carbocycles. The van der Waals surface area contributed by atoms with Crippen molar-refractivity contribution in [2.75, 3.05) is 13.1 Å². The minimum atomic E-state index is 0.374. The molecule has 0 aliphatic carbocycles. The van der Waals surface area contributed by atoms with E-state index in [0.29, 0.717) is 5.92 Å². The summed E-state index contributed by atoms with van der Waals surface area (Å²) in [6.07, 6.45) is 3.70. The largest absolute Gasteiger partial charge is 0.411 e. The summed E-state index contributed by atoms with van der Waals surface area (Å²) < 4.78 is 1.01. The first-order valence-corrected chi connectivity index (χ1v) is 7.05. The zero-order valence-corrected chi connectivity index (χ0v) is 12.1. The molecule has 1 fully saturated rings. The van der Waals surface area contributed by atoms with E-state index in [1.54, 1.807) is 0 Å². The highest BCUT2D eigenvalue weighted by Gasteiger charge is 2.24. The number of nitrogens with zero attached hydrogens (tertiary/aromatic N) is 3. The Morgan fingerprint density at radius 3 is 3.00 bits per heavy atom. The highest BCUT2D eigenvalue weighted by Crippen LogP contribution is 2.19. The van der Waals surface area contributed by atoms with E-state index < -0.39 is 0 Å². The number of hydrogen-bond acceptors (Lipinski definition) is 4. The summed E-state index contributed by atoms with van der Waals surface area (Å²) in [6, 6.07) is 4.06. The average molecular weight is 312 g/mol. The Balaban J connectivity index is 1.97. The van der Waals surface area contributed by atoms with Gasteiger partial charge in [-0.3, -0.25) is 9.88 Å². The molecule has 0 radical (unpaired) electrons. The lowest BCUT2D eigenvalue weighted by Crippen LogP contribution is -2.40. The Labute approximate surface area is 116 Å². The minimum Gasteiger partial charge on any atom is -0.411 e. The highest BCUT2D eigenvalue weighted by molar-refractivity contribution is 9.10.